The largest absolute Gasteiger partial charge is 0.358 e. The number of hydrogen-bond acceptors (Lipinski definition) is 3. The van der Waals surface area contributed by atoms with E-state index < -0.39 is 6.04 Å². The first-order chi connectivity index (χ1) is 9.11. The predicted octanol–water partition coefficient (Wildman–Crippen LogP) is 1.81. The van der Waals surface area contributed by atoms with Crippen molar-refractivity contribution in [2.45, 2.75) is 66.3 Å². The van der Waals surface area contributed by atoms with Crippen LogP contribution in [0.25, 0.3) is 0 Å². The lowest BCUT2D eigenvalue weighted by atomic mass is 10.1. The van der Waals surface area contributed by atoms with Crippen molar-refractivity contribution < 1.29 is 9.59 Å². The zero-order valence-electron chi connectivity index (χ0n) is 13.5. The minimum Gasteiger partial charge on any atom is -0.358 e. The molecule has 0 rings (SSSR count). The highest BCUT2D eigenvalue weighted by atomic mass is 16.2. The van der Waals surface area contributed by atoms with Gasteiger partial charge in [-0.2, -0.15) is 0 Å². The van der Waals surface area contributed by atoms with E-state index in [0.717, 1.165) is 12.8 Å². The van der Waals surface area contributed by atoms with Crippen molar-refractivity contribution in [1.29, 1.82) is 0 Å². The van der Waals surface area contributed by atoms with Crippen LogP contribution >= 0.6 is 0 Å². The van der Waals surface area contributed by atoms with E-state index in [0.29, 0.717) is 19.4 Å². The summed E-state index contributed by atoms with van der Waals surface area (Å²) < 4.78 is 0. The van der Waals surface area contributed by atoms with Crippen molar-refractivity contribution in [1.82, 2.24) is 10.6 Å². The standard InChI is InChI=1S/C10H21N3O2.2C2H6/c1-3-9(14)13-7-5-4-6-8(11)10(15)12-2;2*1-2/h8H,3-7,11H2,1-2H3,(H,12,15)(H,13,14);2*1-2H3. The van der Waals surface area contributed by atoms with Gasteiger partial charge in [0.05, 0.1) is 6.04 Å². The number of unbranched alkanes of at least 4 members (excludes halogenated alkanes) is 1. The molecule has 0 spiro atoms. The van der Waals surface area contributed by atoms with E-state index in [1.54, 1.807) is 7.05 Å². The predicted molar refractivity (Wildman–Crippen MR) is 81.9 cm³/mol. The van der Waals surface area contributed by atoms with Gasteiger partial charge in [0.25, 0.3) is 0 Å². The molecule has 2 amide bonds. The Hall–Kier alpha value is -1.10. The summed E-state index contributed by atoms with van der Waals surface area (Å²) in [5.41, 5.74) is 5.60. The smallest absolute Gasteiger partial charge is 0.236 e. The molecule has 0 saturated heterocycles. The molecule has 5 nitrogen and oxygen atoms in total. The normalized spacial score (nSPS) is 10.1. The Morgan fingerprint density at radius 1 is 1.11 bits per heavy atom. The Bertz CT molecular complexity index is 209. The molecule has 1 unspecified atom stereocenters. The second-order valence-electron chi connectivity index (χ2n) is 3.42. The van der Waals surface area contributed by atoms with Crippen molar-refractivity contribution >= 4 is 11.8 Å². The molecule has 116 valence electrons. The van der Waals surface area contributed by atoms with Crippen molar-refractivity contribution in [3.8, 4) is 0 Å². The molecule has 0 bridgehead atoms. The number of rotatable bonds is 7. The summed E-state index contributed by atoms with van der Waals surface area (Å²) in [5.74, 6) is -0.0711. The van der Waals surface area contributed by atoms with Gasteiger partial charge in [-0.05, 0) is 19.3 Å². The fourth-order valence-electron chi connectivity index (χ4n) is 1.16. The van der Waals surface area contributed by atoms with Gasteiger partial charge in [0.1, 0.15) is 0 Å². The van der Waals surface area contributed by atoms with Crippen LogP contribution in [0, 0.1) is 0 Å². The van der Waals surface area contributed by atoms with E-state index in [-0.39, 0.29) is 11.8 Å². The molecule has 0 aromatic carbocycles. The molecular weight excluding hydrogens is 242 g/mol. The topological polar surface area (TPSA) is 84.2 Å². The van der Waals surface area contributed by atoms with Crippen LogP contribution in [0.3, 0.4) is 0 Å². The maximum atomic E-state index is 11.0. The summed E-state index contributed by atoms with van der Waals surface area (Å²) in [6.45, 7) is 10.5. The first kappa shape index (κ1) is 23.0. The summed E-state index contributed by atoms with van der Waals surface area (Å²) >= 11 is 0. The minimum atomic E-state index is -0.433. The third-order valence-electron chi connectivity index (χ3n) is 2.17. The Labute approximate surface area is 118 Å². The Kier molecular flexibility index (Phi) is 23.3. The van der Waals surface area contributed by atoms with Crippen LogP contribution in [0.15, 0.2) is 0 Å². The van der Waals surface area contributed by atoms with Gasteiger partial charge in [0.2, 0.25) is 11.8 Å². The van der Waals surface area contributed by atoms with Crippen molar-refractivity contribution in [3.05, 3.63) is 0 Å². The highest BCUT2D eigenvalue weighted by Gasteiger charge is 2.10. The van der Waals surface area contributed by atoms with E-state index in [4.69, 9.17) is 5.73 Å². The highest BCUT2D eigenvalue weighted by Crippen LogP contribution is 1.98. The van der Waals surface area contributed by atoms with E-state index in [1.165, 1.54) is 0 Å². The Morgan fingerprint density at radius 3 is 2.05 bits per heavy atom. The zero-order valence-corrected chi connectivity index (χ0v) is 13.5. The van der Waals surface area contributed by atoms with E-state index in [9.17, 15) is 9.59 Å². The van der Waals surface area contributed by atoms with Crippen LogP contribution < -0.4 is 16.4 Å². The van der Waals surface area contributed by atoms with E-state index in [1.807, 2.05) is 34.6 Å². The third kappa shape index (κ3) is 16.9. The maximum Gasteiger partial charge on any atom is 0.236 e. The maximum absolute atomic E-state index is 11.0. The lowest BCUT2D eigenvalue weighted by molar-refractivity contribution is -0.122. The van der Waals surface area contributed by atoms with Crippen LogP contribution in [0.2, 0.25) is 0 Å². The molecule has 19 heavy (non-hydrogen) atoms. The molecule has 0 aromatic heterocycles. The molecule has 0 saturated carbocycles. The minimum absolute atomic E-state index is 0.0607. The average Bonchev–Trinajstić information content (AvgIpc) is 2.49. The molecule has 5 heteroatoms. The molecule has 0 fully saturated rings. The second-order valence-corrected chi connectivity index (χ2v) is 3.42. The summed E-state index contributed by atoms with van der Waals surface area (Å²) in [6, 6.07) is -0.433. The van der Waals surface area contributed by atoms with Gasteiger partial charge >= 0.3 is 0 Å². The quantitative estimate of drug-likeness (QED) is 0.619. The van der Waals surface area contributed by atoms with Crippen molar-refractivity contribution in [2.75, 3.05) is 13.6 Å². The first-order valence-corrected chi connectivity index (χ1v) is 7.35. The SMILES string of the molecule is CC.CC.CCC(=O)NCCCCC(N)C(=O)NC. The fourth-order valence-corrected chi connectivity index (χ4v) is 1.16. The number of carbonyl (C=O) groups is 2. The molecule has 0 heterocycles. The number of amides is 2. The van der Waals surface area contributed by atoms with E-state index in [2.05, 4.69) is 10.6 Å². The van der Waals surface area contributed by atoms with Gasteiger partial charge in [0, 0.05) is 20.0 Å². The van der Waals surface area contributed by atoms with Crippen LogP contribution in [0.4, 0.5) is 0 Å². The number of carbonyl (C=O) groups excluding carboxylic acids is 2. The lowest BCUT2D eigenvalue weighted by Crippen LogP contribution is -2.38. The van der Waals surface area contributed by atoms with E-state index >= 15 is 0 Å². The fraction of sp³-hybridized carbons (Fsp3) is 0.857. The number of hydrogen-bond donors (Lipinski definition) is 3. The summed E-state index contributed by atoms with van der Waals surface area (Å²) in [6.07, 6.45) is 2.87. The van der Waals surface area contributed by atoms with Crippen molar-refractivity contribution in [2.24, 2.45) is 5.73 Å². The average molecular weight is 275 g/mol. The Balaban J connectivity index is -0.000000579. The van der Waals surface area contributed by atoms with Gasteiger partial charge < -0.3 is 16.4 Å². The highest BCUT2D eigenvalue weighted by molar-refractivity contribution is 5.81. The Morgan fingerprint density at radius 2 is 1.63 bits per heavy atom. The molecule has 0 aromatic rings. The number of nitrogens with one attached hydrogen (secondary N) is 2. The van der Waals surface area contributed by atoms with Crippen LogP contribution in [-0.4, -0.2) is 31.4 Å². The van der Waals surface area contributed by atoms with Crippen LogP contribution in [-0.2, 0) is 9.59 Å². The van der Waals surface area contributed by atoms with Crippen LogP contribution in [0.1, 0.15) is 60.3 Å². The molecular formula is C14H33N3O2. The first-order valence-electron chi connectivity index (χ1n) is 7.35. The molecule has 1 atom stereocenters. The van der Waals surface area contributed by atoms with Gasteiger partial charge in [-0.15, -0.1) is 0 Å². The molecule has 0 aliphatic rings. The summed E-state index contributed by atoms with van der Waals surface area (Å²) in [7, 11) is 1.57. The zero-order chi connectivity index (χ0) is 15.7. The monoisotopic (exact) mass is 275 g/mol. The second kappa shape index (κ2) is 19.2. The van der Waals surface area contributed by atoms with Gasteiger partial charge in [-0.1, -0.05) is 34.6 Å². The lowest BCUT2D eigenvalue weighted by Gasteiger charge is -2.09. The third-order valence-corrected chi connectivity index (χ3v) is 2.17. The number of nitrogens with two attached hydrogens (primary N) is 1. The van der Waals surface area contributed by atoms with Crippen LogP contribution in [0.5, 0.6) is 0 Å². The van der Waals surface area contributed by atoms with Gasteiger partial charge in [-0.25, -0.2) is 0 Å². The van der Waals surface area contributed by atoms with Crippen molar-refractivity contribution in [3.63, 3.8) is 0 Å². The van der Waals surface area contributed by atoms with Gasteiger partial charge in [0.15, 0.2) is 0 Å². The molecule has 0 aliphatic carbocycles. The molecule has 0 aliphatic heterocycles. The molecule has 4 N–H and O–H groups in total. The summed E-state index contributed by atoms with van der Waals surface area (Å²) in [4.78, 5) is 21.9. The number of likely N-dealkylation sites (N-methyl/N-ethyl adjacent to an activating group) is 1. The molecule has 0 radical (unpaired) electrons. The summed E-state index contributed by atoms with van der Waals surface area (Å²) in [5, 5.41) is 5.27. The van der Waals surface area contributed by atoms with Gasteiger partial charge in [-0.3, -0.25) is 9.59 Å².